The highest BCUT2D eigenvalue weighted by molar-refractivity contribution is 5.99. The highest BCUT2D eigenvalue weighted by Gasteiger charge is 2.23. The summed E-state index contributed by atoms with van der Waals surface area (Å²) in [5, 5.41) is 28.8. The third kappa shape index (κ3) is 9.64. The van der Waals surface area contributed by atoms with Gasteiger partial charge in [-0.05, 0) is 71.8 Å². The zero-order chi connectivity index (χ0) is 31.4. The fourth-order valence-electron chi connectivity index (χ4n) is 3.88. The zero-order valence-corrected chi connectivity index (χ0v) is 23.8. The van der Waals surface area contributed by atoms with Crippen molar-refractivity contribution in [3.63, 3.8) is 0 Å². The van der Waals surface area contributed by atoms with E-state index in [1.165, 1.54) is 0 Å². The minimum absolute atomic E-state index is 0.0410. The van der Waals surface area contributed by atoms with Crippen LogP contribution in [0.2, 0.25) is 0 Å². The molecule has 222 valence electrons. The van der Waals surface area contributed by atoms with Crippen molar-refractivity contribution in [1.29, 1.82) is 10.8 Å². The smallest absolute Gasteiger partial charge is 0.300 e. The van der Waals surface area contributed by atoms with Gasteiger partial charge in [0.05, 0.1) is 7.11 Å². The number of aliphatic carboxylic acids is 1. The van der Waals surface area contributed by atoms with Crippen LogP contribution < -0.4 is 31.6 Å². The number of carboxylic acid groups (broad SMARTS) is 1. The van der Waals surface area contributed by atoms with Gasteiger partial charge in [0.25, 0.3) is 11.9 Å². The van der Waals surface area contributed by atoms with Crippen molar-refractivity contribution in [3.8, 4) is 11.5 Å². The molecule has 0 heterocycles. The summed E-state index contributed by atoms with van der Waals surface area (Å²) in [7, 11) is 1.55. The molecule has 11 heteroatoms. The number of carbonyl (C=O) groups is 2. The van der Waals surface area contributed by atoms with E-state index >= 15 is 0 Å². The number of carbonyl (C=O) groups excluding carboxylic acids is 1. The van der Waals surface area contributed by atoms with Gasteiger partial charge in [-0.2, -0.15) is 0 Å². The van der Waals surface area contributed by atoms with Gasteiger partial charge in [0.15, 0.2) is 11.5 Å². The van der Waals surface area contributed by atoms with Crippen LogP contribution in [0.5, 0.6) is 11.5 Å². The van der Waals surface area contributed by atoms with Crippen LogP contribution in [-0.2, 0) is 16.2 Å². The summed E-state index contributed by atoms with van der Waals surface area (Å²) in [6.45, 7) is 1.46. The molecule has 1 unspecified atom stereocenters. The lowest BCUT2D eigenvalue weighted by Crippen LogP contribution is -2.27. The molecule has 0 aliphatic carbocycles. The van der Waals surface area contributed by atoms with E-state index in [1.807, 2.05) is 36.4 Å². The molecule has 11 nitrogen and oxygen atoms in total. The first-order valence-corrected chi connectivity index (χ1v) is 13.1. The number of amidine groups is 2. The van der Waals surface area contributed by atoms with E-state index in [-0.39, 0.29) is 17.6 Å². The standard InChI is InChI=1S/C30H30N6O3.C2H4O2/c1-38-26-17-22(11-16-25(26)39-18-19-5-3-2-4-6-19)27(35-23-12-7-20(8-13-23)28(31)32)30(37)36-24-14-9-21(10-15-24)29(33)34;1-2(3)4/h2-17,27,35H,18H2,1H3,(H3,31,32)(H3,33,34)(H,36,37);1H3,(H,3,4). The molecule has 0 aromatic heterocycles. The maximum Gasteiger partial charge on any atom is 0.300 e. The van der Waals surface area contributed by atoms with Crippen LogP contribution in [0, 0.1) is 10.8 Å². The van der Waals surface area contributed by atoms with Gasteiger partial charge in [-0.3, -0.25) is 20.4 Å². The van der Waals surface area contributed by atoms with Gasteiger partial charge < -0.3 is 36.7 Å². The molecule has 43 heavy (non-hydrogen) atoms. The minimum Gasteiger partial charge on any atom is -0.493 e. The van der Waals surface area contributed by atoms with E-state index in [0.717, 1.165) is 12.5 Å². The molecule has 0 fully saturated rings. The Balaban J connectivity index is 0.00000119. The van der Waals surface area contributed by atoms with E-state index in [4.69, 9.17) is 41.7 Å². The number of anilines is 2. The van der Waals surface area contributed by atoms with Crippen molar-refractivity contribution in [1.82, 2.24) is 0 Å². The first-order valence-electron chi connectivity index (χ1n) is 13.1. The second-order valence-corrected chi connectivity index (χ2v) is 9.25. The predicted molar refractivity (Wildman–Crippen MR) is 167 cm³/mol. The number of benzene rings is 4. The van der Waals surface area contributed by atoms with Crippen molar-refractivity contribution in [2.45, 2.75) is 19.6 Å². The number of nitrogen functional groups attached to an aromatic ring is 2. The van der Waals surface area contributed by atoms with Gasteiger partial charge in [-0.25, -0.2) is 0 Å². The molecule has 1 amide bonds. The van der Waals surface area contributed by atoms with Crippen LogP contribution in [0.4, 0.5) is 11.4 Å². The predicted octanol–water partition coefficient (Wildman–Crippen LogP) is 4.73. The first kappa shape index (κ1) is 31.7. The minimum atomic E-state index is -0.833. The van der Waals surface area contributed by atoms with Gasteiger partial charge in [0.1, 0.15) is 24.3 Å². The van der Waals surface area contributed by atoms with E-state index in [9.17, 15) is 4.79 Å². The van der Waals surface area contributed by atoms with Crippen LogP contribution in [0.3, 0.4) is 0 Å². The van der Waals surface area contributed by atoms with Crippen molar-refractivity contribution in [2.75, 3.05) is 17.7 Å². The zero-order valence-electron chi connectivity index (χ0n) is 23.8. The number of nitrogens with one attached hydrogen (secondary N) is 4. The summed E-state index contributed by atoms with van der Waals surface area (Å²) in [5.74, 6) is -0.208. The van der Waals surface area contributed by atoms with Crippen LogP contribution >= 0.6 is 0 Å². The summed E-state index contributed by atoms with van der Waals surface area (Å²) in [5.41, 5.74) is 15.1. The third-order valence-electron chi connectivity index (χ3n) is 5.99. The van der Waals surface area contributed by atoms with Crippen LogP contribution in [0.1, 0.15) is 35.2 Å². The van der Waals surface area contributed by atoms with Gasteiger partial charge in [0.2, 0.25) is 0 Å². The molecule has 0 saturated carbocycles. The van der Waals surface area contributed by atoms with E-state index in [1.54, 1.807) is 67.8 Å². The number of hydrogen-bond donors (Lipinski definition) is 7. The Morgan fingerprint density at radius 2 is 1.35 bits per heavy atom. The van der Waals surface area contributed by atoms with Crippen LogP contribution in [0.15, 0.2) is 97.1 Å². The van der Waals surface area contributed by atoms with Gasteiger partial charge in [-0.15, -0.1) is 0 Å². The SMILES string of the molecule is CC(=O)O.COc1cc(C(Nc2ccc(C(=N)N)cc2)C(=O)Nc2ccc(C(=N)N)cc2)ccc1OCc1ccccc1. The summed E-state index contributed by atoms with van der Waals surface area (Å²) in [6.07, 6.45) is 0. The number of hydrogen-bond acceptors (Lipinski definition) is 7. The number of ether oxygens (including phenoxy) is 2. The molecular formula is C32H34N6O5. The quantitative estimate of drug-likeness (QED) is 0.0973. The molecule has 4 aromatic carbocycles. The average molecular weight is 583 g/mol. The van der Waals surface area contributed by atoms with Crippen molar-refractivity contribution < 1.29 is 24.2 Å². The molecule has 0 spiro atoms. The first-order chi connectivity index (χ1) is 20.6. The second kappa shape index (κ2) is 15.2. The van der Waals surface area contributed by atoms with Crippen LogP contribution in [0.25, 0.3) is 0 Å². The highest BCUT2D eigenvalue weighted by Crippen LogP contribution is 2.33. The Bertz CT molecular complexity index is 1550. The molecule has 4 rings (SSSR count). The number of amides is 1. The Labute approximate surface area is 249 Å². The monoisotopic (exact) mass is 582 g/mol. The second-order valence-electron chi connectivity index (χ2n) is 9.25. The molecule has 0 saturated heterocycles. The average Bonchev–Trinajstić information content (AvgIpc) is 2.99. The number of methoxy groups -OCH3 is 1. The van der Waals surface area contributed by atoms with Crippen molar-refractivity contribution in [3.05, 3.63) is 119 Å². The maximum absolute atomic E-state index is 13.5. The van der Waals surface area contributed by atoms with Gasteiger partial charge in [0, 0.05) is 29.4 Å². The van der Waals surface area contributed by atoms with E-state index < -0.39 is 12.0 Å². The summed E-state index contributed by atoms with van der Waals surface area (Å²) in [6, 6.07) is 28.0. The molecule has 4 aromatic rings. The molecule has 9 N–H and O–H groups in total. The molecular weight excluding hydrogens is 548 g/mol. The topological polar surface area (TPSA) is 197 Å². The number of rotatable bonds is 11. The fraction of sp³-hybridized carbons (Fsp3) is 0.125. The lowest BCUT2D eigenvalue weighted by molar-refractivity contribution is -0.134. The third-order valence-corrected chi connectivity index (χ3v) is 5.99. The Kier molecular flexibility index (Phi) is 11.2. The molecule has 0 bridgehead atoms. The summed E-state index contributed by atoms with van der Waals surface area (Å²) < 4.78 is 11.6. The van der Waals surface area contributed by atoms with Gasteiger partial charge >= 0.3 is 0 Å². The summed E-state index contributed by atoms with van der Waals surface area (Å²) >= 11 is 0. The lowest BCUT2D eigenvalue weighted by atomic mass is 10.0. The normalized spacial score (nSPS) is 10.7. The number of carboxylic acids is 1. The van der Waals surface area contributed by atoms with Crippen molar-refractivity contribution >= 4 is 34.9 Å². The lowest BCUT2D eigenvalue weighted by Gasteiger charge is -2.22. The Hall–Kier alpha value is -5.84. The summed E-state index contributed by atoms with van der Waals surface area (Å²) in [4.78, 5) is 22.5. The van der Waals surface area contributed by atoms with Crippen molar-refractivity contribution in [2.24, 2.45) is 11.5 Å². The molecule has 0 aliphatic heterocycles. The van der Waals surface area contributed by atoms with E-state index in [2.05, 4.69) is 10.6 Å². The Morgan fingerprint density at radius 1 is 0.814 bits per heavy atom. The highest BCUT2D eigenvalue weighted by atomic mass is 16.5. The van der Waals surface area contributed by atoms with Gasteiger partial charge in [-0.1, -0.05) is 36.4 Å². The van der Waals surface area contributed by atoms with Crippen LogP contribution in [-0.4, -0.2) is 35.8 Å². The molecule has 0 radical (unpaired) electrons. The molecule has 1 atom stereocenters. The maximum atomic E-state index is 13.5. The Morgan fingerprint density at radius 3 is 1.86 bits per heavy atom. The largest absolute Gasteiger partial charge is 0.493 e. The molecule has 0 aliphatic rings. The van der Waals surface area contributed by atoms with E-state index in [0.29, 0.717) is 46.2 Å². The fourth-order valence-corrected chi connectivity index (χ4v) is 3.88. The number of nitrogens with two attached hydrogens (primary N) is 2.